The van der Waals surface area contributed by atoms with E-state index in [1.54, 1.807) is 25.5 Å². The summed E-state index contributed by atoms with van der Waals surface area (Å²) in [4.78, 5) is 8.69. The number of guanidine groups is 1. The first-order valence-corrected chi connectivity index (χ1v) is 8.25. The molecule has 128 valence electrons. The van der Waals surface area contributed by atoms with E-state index in [-0.39, 0.29) is 29.6 Å². The van der Waals surface area contributed by atoms with Crippen molar-refractivity contribution in [3.8, 4) is 0 Å². The highest BCUT2D eigenvalue weighted by atomic mass is 127. The second-order valence-corrected chi connectivity index (χ2v) is 6.60. The van der Waals surface area contributed by atoms with Crippen LogP contribution in [0.25, 0.3) is 0 Å². The smallest absolute Gasteiger partial charge is 0.191 e. The van der Waals surface area contributed by atoms with Crippen LogP contribution in [0, 0.1) is 6.92 Å². The van der Waals surface area contributed by atoms with Gasteiger partial charge in [0.2, 0.25) is 0 Å². The number of hydrogen-bond acceptors (Lipinski definition) is 4. The zero-order valence-corrected chi connectivity index (χ0v) is 17.4. The Labute approximate surface area is 155 Å². The first-order chi connectivity index (χ1) is 9.96. The van der Waals surface area contributed by atoms with Gasteiger partial charge in [-0.1, -0.05) is 0 Å². The third kappa shape index (κ3) is 8.89. The van der Waals surface area contributed by atoms with Gasteiger partial charge in [-0.25, -0.2) is 4.98 Å². The van der Waals surface area contributed by atoms with E-state index >= 15 is 0 Å². The van der Waals surface area contributed by atoms with Gasteiger partial charge in [0, 0.05) is 38.3 Å². The van der Waals surface area contributed by atoms with Gasteiger partial charge in [0.15, 0.2) is 5.96 Å². The fraction of sp³-hybridized carbons (Fsp3) is 0.733. The van der Waals surface area contributed by atoms with Gasteiger partial charge in [-0.2, -0.15) is 0 Å². The number of ether oxygens (including phenoxy) is 1. The second-order valence-electron chi connectivity index (χ2n) is 5.66. The van der Waals surface area contributed by atoms with E-state index in [4.69, 9.17) is 4.74 Å². The lowest BCUT2D eigenvalue weighted by molar-refractivity contribution is 0.0268. The average Bonchev–Trinajstić information content (AvgIpc) is 2.87. The molecule has 0 aliphatic carbocycles. The van der Waals surface area contributed by atoms with Crippen LogP contribution in [0.3, 0.4) is 0 Å². The molecule has 0 amide bonds. The van der Waals surface area contributed by atoms with Crippen molar-refractivity contribution in [1.82, 2.24) is 15.6 Å². The normalized spacial score (nSPS) is 12.0. The molecule has 1 aromatic rings. The van der Waals surface area contributed by atoms with Gasteiger partial charge in [-0.05, 0) is 40.0 Å². The minimum Gasteiger partial charge on any atom is -0.377 e. The molecule has 0 aromatic carbocycles. The molecular formula is C15H29IN4OS. The van der Waals surface area contributed by atoms with Crippen LogP contribution in [-0.4, -0.2) is 43.8 Å². The highest BCUT2D eigenvalue weighted by Gasteiger charge is 2.16. The molecule has 22 heavy (non-hydrogen) atoms. The van der Waals surface area contributed by atoms with E-state index in [0.29, 0.717) is 0 Å². The molecule has 0 radical (unpaired) electrons. The first-order valence-electron chi connectivity index (χ1n) is 7.37. The Kier molecular flexibility index (Phi) is 11.0. The molecule has 0 saturated carbocycles. The fourth-order valence-corrected chi connectivity index (χ4v) is 2.53. The lowest BCUT2D eigenvalue weighted by Crippen LogP contribution is -2.45. The number of aliphatic imine (C=N–C) groups is 1. The van der Waals surface area contributed by atoms with Gasteiger partial charge in [0.25, 0.3) is 0 Å². The van der Waals surface area contributed by atoms with Gasteiger partial charge in [-0.3, -0.25) is 4.99 Å². The van der Waals surface area contributed by atoms with E-state index in [1.165, 1.54) is 5.01 Å². The minimum atomic E-state index is -0.194. The summed E-state index contributed by atoms with van der Waals surface area (Å²) in [6.45, 7) is 7.77. The number of halogens is 1. The molecule has 5 nitrogen and oxygen atoms in total. The highest BCUT2D eigenvalue weighted by Crippen LogP contribution is 2.11. The van der Waals surface area contributed by atoms with Crippen molar-refractivity contribution in [2.24, 2.45) is 4.99 Å². The summed E-state index contributed by atoms with van der Waals surface area (Å²) >= 11 is 1.75. The summed E-state index contributed by atoms with van der Waals surface area (Å²) in [6.07, 6.45) is 3.30. The monoisotopic (exact) mass is 440 g/mol. The Bertz CT molecular complexity index is 449. The zero-order chi connectivity index (χ0) is 15.7. The van der Waals surface area contributed by atoms with Crippen molar-refractivity contribution >= 4 is 41.3 Å². The summed E-state index contributed by atoms with van der Waals surface area (Å²) < 4.78 is 5.38. The van der Waals surface area contributed by atoms with E-state index in [1.807, 2.05) is 20.8 Å². The molecule has 0 atom stereocenters. The molecule has 1 heterocycles. The van der Waals surface area contributed by atoms with Gasteiger partial charge in [0.1, 0.15) is 0 Å². The van der Waals surface area contributed by atoms with Gasteiger partial charge < -0.3 is 15.4 Å². The Morgan fingerprint density at radius 1 is 1.36 bits per heavy atom. The van der Waals surface area contributed by atoms with Gasteiger partial charge in [-0.15, -0.1) is 35.3 Å². The summed E-state index contributed by atoms with van der Waals surface area (Å²) in [7, 11) is 3.51. The molecule has 7 heteroatoms. The number of hydrogen-bond donors (Lipinski definition) is 2. The predicted octanol–water partition coefficient (Wildman–Crippen LogP) is 2.98. The second kappa shape index (κ2) is 11.2. The fourth-order valence-electron chi connectivity index (χ4n) is 1.71. The maximum absolute atomic E-state index is 5.38. The Hall–Kier alpha value is -0.410. The van der Waals surface area contributed by atoms with Crippen molar-refractivity contribution in [2.45, 2.75) is 45.6 Å². The molecule has 2 N–H and O–H groups in total. The van der Waals surface area contributed by atoms with Crippen LogP contribution in [0.5, 0.6) is 0 Å². The van der Waals surface area contributed by atoms with Gasteiger partial charge in [0.05, 0.1) is 10.6 Å². The number of aromatic nitrogens is 1. The largest absolute Gasteiger partial charge is 0.377 e. The molecule has 0 aliphatic heterocycles. The number of nitrogens with zero attached hydrogens (tertiary/aromatic N) is 2. The van der Waals surface area contributed by atoms with E-state index in [9.17, 15) is 0 Å². The third-order valence-corrected chi connectivity index (χ3v) is 4.26. The molecule has 0 spiro atoms. The van der Waals surface area contributed by atoms with Crippen LogP contribution in [0.15, 0.2) is 10.4 Å². The maximum atomic E-state index is 5.38. The van der Waals surface area contributed by atoms with E-state index < -0.39 is 0 Å². The number of aryl methyl sites for hydroxylation is 2. The zero-order valence-electron chi connectivity index (χ0n) is 14.2. The number of nitrogens with one attached hydrogen (secondary N) is 2. The molecule has 0 aliphatic rings. The third-order valence-electron chi connectivity index (χ3n) is 3.23. The van der Waals surface area contributed by atoms with Crippen LogP contribution in [0.2, 0.25) is 0 Å². The lowest BCUT2D eigenvalue weighted by atomic mass is 10.1. The van der Waals surface area contributed by atoms with Crippen LogP contribution in [0.1, 0.15) is 37.4 Å². The number of unbranched alkanes of at least 4 members (excludes halogenated alkanes) is 1. The average molecular weight is 440 g/mol. The summed E-state index contributed by atoms with van der Waals surface area (Å²) in [5.41, 5.74) is 0.929. The predicted molar refractivity (Wildman–Crippen MR) is 106 cm³/mol. The van der Waals surface area contributed by atoms with E-state index in [0.717, 1.165) is 44.0 Å². The number of methoxy groups -OCH3 is 1. The van der Waals surface area contributed by atoms with Crippen LogP contribution in [0.4, 0.5) is 0 Å². The molecule has 0 saturated heterocycles. The quantitative estimate of drug-likeness (QED) is 0.283. The maximum Gasteiger partial charge on any atom is 0.191 e. The SMILES string of the molecule is CN=C(NCCCCc1nc(C)cs1)NCC(C)(C)OC.I. The van der Waals surface area contributed by atoms with Crippen LogP contribution < -0.4 is 10.6 Å². The first kappa shape index (κ1) is 21.6. The minimum absolute atomic E-state index is 0. The Morgan fingerprint density at radius 2 is 2.09 bits per heavy atom. The molecular weight excluding hydrogens is 411 g/mol. The Morgan fingerprint density at radius 3 is 2.64 bits per heavy atom. The van der Waals surface area contributed by atoms with Crippen molar-refractivity contribution in [2.75, 3.05) is 27.2 Å². The highest BCUT2D eigenvalue weighted by molar-refractivity contribution is 14.0. The molecule has 0 unspecified atom stereocenters. The van der Waals surface area contributed by atoms with Crippen molar-refractivity contribution < 1.29 is 4.74 Å². The van der Waals surface area contributed by atoms with Crippen LogP contribution in [-0.2, 0) is 11.2 Å². The standard InChI is InChI=1S/C15H28N4OS.HI/c1-12-10-21-13(19-12)8-6-7-9-17-14(16-4)18-11-15(2,3)20-5;/h10H,6-9,11H2,1-5H3,(H2,16,17,18);1H. The summed E-state index contributed by atoms with van der Waals surface area (Å²) in [5, 5.41) is 9.94. The number of thiazole rings is 1. The molecule has 0 fully saturated rings. The van der Waals surface area contributed by atoms with Crippen LogP contribution >= 0.6 is 35.3 Å². The van der Waals surface area contributed by atoms with Gasteiger partial charge >= 0.3 is 0 Å². The summed E-state index contributed by atoms with van der Waals surface area (Å²) in [5.74, 6) is 0.824. The van der Waals surface area contributed by atoms with Crippen molar-refractivity contribution in [1.29, 1.82) is 0 Å². The molecule has 0 bridgehead atoms. The molecule has 1 rings (SSSR count). The van der Waals surface area contributed by atoms with E-state index in [2.05, 4.69) is 26.0 Å². The number of rotatable bonds is 8. The lowest BCUT2D eigenvalue weighted by Gasteiger charge is -2.24. The Balaban J connectivity index is 0.00000441. The summed E-state index contributed by atoms with van der Waals surface area (Å²) in [6, 6.07) is 0. The topological polar surface area (TPSA) is 58.5 Å². The molecule has 1 aromatic heterocycles. The van der Waals surface area contributed by atoms with Crippen molar-refractivity contribution in [3.63, 3.8) is 0 Å². The van der Waals surface area contributed by atoms with Crippen molar-refractivity contribution in [3.05, 3.63) is 16.1 Å².